The van der Waals surface area contributed by atoms with Gasteiger partial charge in [-0.15, -0.1) is 0 Å². The Balaban J connectivity index is 1.94. The van der Waals surface area contributed by atoms with Crippen LogP contribution in [-0.4, -0.2) is 38.5 Å². The highest BCUT2D eigenvalue weighted by molar-refractivity contribution is 5.01. The molecular weight excluding hydrogens is 250 g/mol. The van der Waals surface area contributed by atoms with Gasteiger partial charge in [-0.25, -0.2) is 0 Å². The van der Waals surface area contributed by atoms with Gasteiger partial charge < -0.3 is 14.8 Å². The molecule has 3 heteroatoms. The van der Waals surface area contributed by atoms with Gasteiger partial charge in [0, 0.05) is 37.8 Å². The standard InChI is InChI=1S/C17H33NO2/c1-16(2,3)18-13-17(9-5-6-11-19-4)10-12-20-15(17)14-7-8-14/h14-15,18H,5-13H2,1-4H3. The first-order valence-corrected chi connectivity index (χ1v) is 8.32. The van der Waals surface area contributed by atoms with E-state index in [4.69, 9.17) is 9.47 Å². The van der Waals surface area contributed by atoms with Gasteiger partial charge in [0.1, 0.15) is 0 Å². The van der Waals surface area contributed by atoms with Crippen LogP contribution in [0.15, 0.2) is 0 Å². The van der Waals surface area contributed by atoms with Crippen LogP contribution in [-0.2, 0) is 9.47 Å². The number of nitrogens with one attached hydrogen (secondary N) is 1. The molecule has 0 amide bonds. The molecule has 2 aliphatic rings. The number of hydrogen-bond acceptors (Lipinski definition) is 3. The summed E-state index contributed by atoms with van der Waals surface area (Å²) in [5, 5.41) is 3.75. The summed E-state index contributed by atoms with van der Waals surface area (Å²) in [6.07, 6.45) is 8.18. The topological polar surface area (TPSA) is 30.5 Å². The molecule has 20 heavy (non-hydrogen) atoms. The van der Waals surface area contributed by atoms with Crippen LogP contribution >= 0.6 is 0 Å². The average molecular weight is 283 g/mol. The number of methoxy groups -OCH3 is 1. The molecule has 2 rings (SSSR count). The van der Waals surface area contributed by atoms with Crippen molar-refractivity contribution in [1.82, 2.24) is 5.32 Å². The molecule has 3 nitrogen and oxygen atoms in total. The summed E-state index contributed by atoms with van der Waals surface area (Å²) in [6, 6.07) is 0. The molecule has 0 bridgehead atoms. The van der Waals surface area contributed by atoms with Crippen LogP contribution in [0.4, 0.5) is 0 Å². The van der Waals surface area contributed by atoms with Gasteiger partial charge in [0.15, 0.2) is 0 Å². The van der Waals surface area contributed by atoms with E-state index < -0.39 is 0 Å². The van der Waals surface area contributed by atoms with Crippen molar-refractivity contribution in [1.29, 1.82) is 0 Å². The first-order chi connectivity index (χ1) is 9.47. The van der Waals surface area contributed by atoms with E-state index in [1.165, 1.54) is 38.5 Å². The van der Waals surface area contributed by atoms with Crippen LogP contribution in [0.25, 0.3) is 0 Å². The van der Waals surface area contributed by atoms with Gasteiger partial charge >= 0.3 is 0 Å². The van der Waals surface area contributed by atoms with Gasteiger partial charge in [0.25, 0.3) is 0 Å². The molecule has 1 aliphatic heterocycles. The first kappa shape index (κ1) is 16.3. The Kier molecular flexibility index (Phi) is 5.49. The van der Waals surface area contributed by atoms with Gasteiger partial charge in [0.05, 0.1) is 6.10 Å². The fraction of sp³-hybridized carbons (Fsp3) is 1.00. The minimum atomic E-state index is 0.191. The molecule has 1 saturated heterocycles. The zero-order valence-corrected chi connectivity index (χ0v) is 13.8. The normalized spacial score (nSPS) is 30.9. The smallest absolute Gasteiger partial charge is 0.0672 e. The van der Waals surface area contributed by atoms with Gasteiger partial charge in [-0.1, -0.05) is 6.42 Å². The van der Waals surface area contributed by atoms with E-state index in [0.717, 1.165) is 25.7 Å². The number of ether oxygens (including phenoxy) is 2. The van der Waals surface area contributed by atoms with Gasteiger partial charge in [0.2, 0.25) is 0 Å². The van der Waals surface area contributed by atoms with Crippen molar-refractivity contribution in [2.45, 2.75) is 70.9 Å². The Morgan fingerprint density at radius 3 is 2.60 bits per heavy atom. The molecule has 0 aromatic heterocycles. The molecule has 2 unspecified atom stereocenters. The lowest BCUT2D eigenvalue weighted by Gasteiger charge is -2.37. The molecule has 0 spiro atoms. The zero-order chi connectivity index (χ0) is 14.6. The summed E-state index contributed by atoms with van der Waals surface area (Å²) in [4.78, 5) is 0. The highest BCUT2D eigenvalue weighted by atomic mass is 16.5. The number of hydrogen-bond donors (Lipinski definition) is 1. The minimum Gasteiger partial charge on any atom is -0.385 e. The monoisotopic (exact) mass is 283 g/mol. The summed E-state index contributed by atoms with van der Waals surface area (Å²) in [5.41, 5.74) is 0.554. The molecule has 2 fully saturated rings. The largest absolute Gasteiger partial charge is 0.385 e. The fourth-order valence-corrected chi connectivity index (χ4v) is 3.45. The van der Waals surface area contributed by atoms with Crippen LogP contribution in [0, 0.1) is 11.3 Å². The van der Waals surface area contributed by atoms with Crippen molar-refractivity contribution in [3.05, 3.63) is 0 Å². The summed E-state index contributed by atoms with van der Waals surface area (Å²) in [6.45, 7) is 9.72. The zero-order valence-electron chi connectivity index (χ0n) is 13.8. The quantitative estimate of drug-likeness (QED) is 0.693. The molecule has 1 aliphatic carbocycles. The Labute approximate surface area is 124 Å². The van der Waals surface area contributed by atoms with Gasteiger partial charge in [-0.3, -0.25) is 0 Å². The summed E-state index contributed by atoms with van der Waals surface area (Å²) in [7, 11) is 1.79. The third kappa shape index (κ3) is 4.44. The summed E-state index contributed by atoms with van der Waals surface area (Å²) >= 11 is 0. The Morgan fingerprint density at radius 2 is 2.00 bits per heavy atom. The van der Waals surface area contributed by atoms with Crippen molar-refractivity contribution in [3.8, 4) is 0 Å². The number of unbranched alkanes of at least 4 members (excludes halogenated alkanes) is 1. The summed E-state index contributed by atoms with van der Waals surface area (Å²) < 4.78 is 11.3. The first-order valence-electron chi connectivity index (χ1n) is 8.32. The second kappa shape index (κ2) is 6.76. The molecule has 1 N–H and O–H groups in total. The SMILES string of the molecule is COCCCCC1(CNC(C)(C)C)CCOC1C1CC1. The highest BCUT2D eigenvalue weighted by Crippen LogP contribution is 2.50. The Hall–Kier alpha value is -0.120. The average Bonchev–Trinajstić information content (AvgIpc) is 3.13. The number of rotatable bonds is 8. The lowest BCUT2D eigenvalue weighted by molar-refractivity contribution is 0.0218. The van der Waals surface area contributed by atoms with Crippen LogP contribution in [0.1, 0.15) is 59.3 Å². The van der Waals surface area contributed by atoms with Crippen molar-refractivity contribution >= 4 is 0 Å². The maximum Gasteiger partial charge on any atom is 0.0672 e. The molecule has 0 radical (unpaired) electrons. The van der Waals surface area contributed by atoms with E-state index in [0.29, 0.717) is 11.5 Å². The maximum absolute atomic E-state index is 6.14. The van der Waals surface area contributed by atoms with Crippen LogP contribution in [0.3, 0.4) is 0 Å². The highest BCUT2D eigenvalue weighted by Gasteiger charge is 2.50. The van der Waals surface area contributed by atoms with E-state index in [9.17, 15) is 0 Å². The second-order valence-electron chi connectivity index (χ2n) is 7.79. The minimum absolute atomic E-state index is 0.191. The van der Waals surface area contributed by atoms with E-state index in [1.54, 1.807) is 7.11 Å². The Morgan fingerprint density at radius 1 is 1.25 bits per heavy atom. The molecule has 2 atom stereocenters. The van der Waals surface area contributed by atoms with Crippen LogP contribution < -0.4 is 5.32 Å². The third-order valence-corrected chi connectivity index (χ3v) is 4.79. The van der Waals surface area contributed by atoms with Crippen molar-refractivity contribution in [2.24, 2.45) is 11.3 Å². The van der Waals surface area contributed by atoms with Crippen molar-refractivity contribution in [3.63, 3.8) is 0 Å². The van der Waals surface area contributed by atoms with Gasteiger partial charge in [-0.05, 0) is 58.8 Å². The van der Waals surface area contributed by atoms with E-state index in [1.807, 2.05) is 0 Å². The van der Waals surface area contributed by atoms with Gasteiger partial charge in [-0.2, -0.15) is 0 Å². The molecule has 1 heterocycles. The van der Waals surface area contributed by atoms with E-state index >= 15 is 0 Å². The van der Waals surface area contributed by atoms with E-state index in [-0.39, 0.29) is 5.54 Å². The molecule has 0 aromatic carbocycles. The predicted octanol–water partition coefficient (Wildman–Crippen LogP) is 3.38. The fourth-order valence-electron chi connectivity index (χ4n) is 3.45. The molecular formula is C17H33NO2. The Bertz CT molecular complexity index is 296. The lowest BCUT2D eigenvalue weighted by Crippen LogP contribution is -2.48. The molecule has 118 valence electrons. The molecule has 0 aromatic rings. The van der Waals surface area contributed by atoms with Crippen molar-refractivity contribution < 1.29 is 9.47 Å². The van der Waals surface area contributed by atoms with Crippen LogP contribution in [0.5, 0.6) is 0 Å². The van der Waals surface area contributed by atoms with Crippen LogP contribution in [0.2, 0.25) is 0 Å². The maximum atomic E-state index is 6.14. The lowest BCUT2D eigenvalue weighted by atomic mass is 9.74. The second-order valence-corrected chi connectivity index (χ2v) is 7.79. The predicted molar refractivity (Wildman–Crippen MR) is 83.0 cm³/mol. The third-order valence-electron chi connectivity index (χ3n) is 4.79. The summed E-state index contributed by atoms with van der Waals surface area (Å²) in [5.74, 6) is 0.835. The van der Waals surface area contributed by atoms with E-state index in [2.05, 4.69) is 26.1 Å². The molecule has 1 saturated carbocycles. The van der Waals surface area contributed by atoms with Crippen molar-refractivity contribution in [2.75, 3.05) is 26.9 Å².